The first-order valence-corrected chi connectivity index (χ1v) is 4.91. The molecule has 0 radical (unpaired) electrons. The molecule has 0 amide bonds. The molecule has 0 aliphatic carbocycles. The fourth-order valence-electron chi connectivity index (χ4n) is 1.20. The van der Waals surface area contributed by atoms with E-state index in [2.05, 4.69) is 0 Å². The van der Waals surface area contributed by atoms with Gasteiger partial charge in [-0.1, -0.05) is 11.6 Å². The van der Waals surface area contributed by atoms with Gasteiger partial charge in [-0.25, -0.2) is 0 Å². The van der Waals surface area contributed by atoms with Gasteiger partial charge in [0.15, 0.2) is 5.78 Å². The van der Waals surface area contributed by atoms with Crippen LogP contribution in [0.2, 0.25) is 5.02 Å². The minimum absolute atomic E-state index is 0.193. The molecule has 1 aromatic rings. The van der Waals surface area contributed by atoms with E-state index in [9.17, 15) is 4.79 Å². The highest BCUT2D eigenvalue weighted by molar-refractivity contribution is 6.31. The van der Waals surface area contributed by atoms with E-state index in [0.29, 0.717) is 16.3 Å². The SMILES string of the molecule is COc1ccc(Cl)cc1C(=O)C(C)(C)N. The predicted molar refractivity (Wildman–Crippen MR) is 60.6 cm³/mol. The molecule has 15 heavy (non-hydrogen) atoms. The number of carbonyl (C=O) groups is 1. The summed E-state index contributed by atoms with van der Waals surface area (Å²) >= 11 is 5.82. The number of halogens is 1. The van der Waals surface area contributed by atoms with Crippen LogP contribution in [0.4, 0.5) is 0 Å². The summed E-state index contributed by atoms with van der Waals surface area (Å²) < 4.78 is 5.08. The zero-order valence-corrected chi connectivity index (χ0v) is 9.76. The maximum Gasteiger partial charge on any atom is 0.185 e. The number of nitrogens with two attached hydrogens (primary N) is 1. The van der Waals surface area contributed by atoms with Gasteiger partial charge in [0.25, 0.3) is 0 Å². The normalized spacial score (nSPS) is 11.3. The van der Waals surface area contributed by atoms with Crippen LogP contribution in [0, 0.1) is 0 Å². The van der Waals surface area contributed by atoms with Gasteiger partial charge in [-0.15, -0.1) is 0 Å². The van der Waals surface area contributed by atoms with E-state index >= 15 is 0 Å². The van der Waals surface area contributed by atoms with Crippen LogP contribution in [0.15, 0.2) is 18.2 Å². The predicted octanol–water partition coefficient (Wildman–Crippen LogP) is 2.27. The summed E-state index contributed by atoms with van der Waals surface area (Å²) in [7, 11) is 1.50. The van der Waals surface area contributed by atoms with Crippen molar-refractivity contribution < 1.29 is 9.53 Å². The lowest BCUT2D eigenvalue weighted by Crippen LogP contribution is -2.41. The van der Waals surface area contributed by atoms with Crippen molar-refractivity contribution in [3.05, 3.63) is 28.8 Å². The second-order valence-corrected chi connectivity index (χ2v) is 4.33. The molecule has 2 N–H and O–H groups in total. The molecule has 0 saturated heterocycles. The number of methoxy groups -OCH3 is 1. The third kappa shape index (κ3) is 2.70. The number of carbonyl (C=O) groups excluding carboxylic acids is 1. The number of hydrogen-bond donors (Lipinski definition) is 1. The number of hydrogen-bond acceptors (Lipinski definition) is 3. The molecule has 4 heteroatoms. The smallest absolute Gasteiger partial charge is 0.185 e. The first-order valence-electron chi connectivity index (χ1n) is 4.53. The molecule has 0 heterocycles. The van der Waals surface area contributed by atoms with Crippen LogP contribution in [0.1, 0.15) is 24.2 Å². The summed E-state index contributed by atoms with van der Waals surface area (Å²) in [6.07, 6.45) is 0. The van der Waals surface area contributed by atoms with Crippen LogP contribution in [0.25, 0.3) is 0 Å². The molecule has 0 unspecified atom stereocenters. The molecule has 0 spiro atoms. The highest BCUT2D eigenvalue weighted by Gasteiger charge is 2.26. The first-order chi connectivity index (χ1) is 6.86. The number of rotatable bonds is 3. The molecule has 0 aromatic heterocycles. The van der Waals surface area contributed by atoms with Crippen molar-refractivity contribution in [2.45, 2.75) is 19.4 Å². The molecule has 82 valence electrons. The lowest BCUT2D eigenvalue weighted by atomic mass is 9.94. The maximum atomic E-state index is 11.9. The summed E-state index contributed by atoms with van der Waals surface area (Å²) in [5.74, 6) is 0.296. The summed E-state index contributed by atoms with van der Waals surface area (Å²) in [6.45, 7) is 3.30. The lowest BCUT2D eigenvalue weighted by molar-refractivity contribution is 0.0910. The summed E-state index contributed by atoms with van der Waals surface area (Å²) in [4.78, 5) is 11.9. The number of Topliss-reactive ketones (excluding diaryl/α,β-unsaturated/α-hetero) is 1. The lowest BCUT2D eigenvalue weighted by Gasteiger charge is -2.18. The van der Waals surface area contributed by atoms with Crippen molar-refractivity contribution in [3.8, 4) is 5.75 Å². The Balaban J connectivity index is 3.23. The average Bonchev–Trinajstić information content (AvgIpc) is 2.15. The Morgan fingerprint density at radius 2 is 2.07 bits per heavy atom. The van der Waals surface area contributed by atoms with Gasteiger partial charge in [-0.2, -0.15) is 0 Å². The van der Waals surface area contributed by atoms with Crippen molar-refractivity contribution in [2.75, 3.05) is 7.11 Å². The van der Waals surface area contributed by atoms with Crippen molar-refractivity contribution in [1.82, 2.24) is 0 Å². The second-order valence-electron chi connectivity index (χ2n) is 3.90. The Hall–Kier alpha value is -1.06. The summed E-state index contributed by atoms with van der Waals surface area (Å²) in [5, 5.41) is 0.489. The molecular weight excluding hydrogens is 214 g/mol. The number of ketones is 1. The van der Waals surface area contributed by atoms with E-state index in [0.717, 1.165) is 0 Å². The van der Waals surface area contributed by atoms with Crippen molar-refractivity contribution in [3.63, 3.8) is 0 Å². The Bertz CT molecular complexity index is 383. The fraction of sp³-hybridized carbons (Fsp3) is 0.364. The van der Waals surface area contributed by atoms with E-state index < -0.39 is 5.54 Å². The highest BCUT2D eigenvalue weighted by Crippen LogP contribution is 2.25. The molecule has 0 bridgehead atoms. The highest BCUT2D eigenvalue weighted by atomic mass is 35.5. The van der Waals surface area contributed by atoms with Gasteiger partial charge in [-0.05, 0) is 32.0 Å². The maximum absolute atomic E-state index is 11.9. The van der Waals surface area contributed by atoms with E-state index in [4.69, 9.17) is 22.1 Å². The Morgan fingerprint density at radius 1 is 1.47 bits per heavy atom. The van der Waals surface area contributed by atoms with E-state index in [1.54, 1.807) is 32.0 Å². The third-order valence-electron chi connectivity index (χ3n) is 1.99. The molecule has 1 rings (SSSR count). The van der Waals surface area contributed by atoms with E-state index in [-0.39, 0.29) is 5.78 Å². The Labute approximate surface area is 94.2 Å². The quantitative estimate of drug-likeness (QED) is 0.806. The molecule has 0 aliphatic heterocycles. The topological polar surface area (TPSA) is 52.3 Å². The summed E-state index contributed by atoms with van der Waals surface area (Å²) in [5.41, 5.74) is 5.22. The average molecular weight is 228 g/mol. The van der Waals surface area contributed by atoms with Gasteiger partial charge in [0.05, 0.1) is 18.2 Å². The van der Waals surface area contributed by atoms with Gasteiger partial charge in [0.1, 0.15) is 5.75 Å². The van der Waals surface area contributed by atoms with Crippen molar-refractivity contribution >= 4 is 17.4 Å². The van der Waals surface area contributed by atoms with Gasteiger partial charge in [0.2, 0.25) is 0 Å². The zero-order valence-electron chi connectivity index (χ0n) is 9.00. The summed E-state index contributed by atoms with van der Waals surface area (Å²) in [6, 6.07) is 4.89. The molecule has 0 saturated carbocycles. The molecular formula is C11H14ClNO2. The van der Waals surface area contributed by atoms with Crippen molar-refractivity contribution in [2.24, 2.45) is 5.73 Å². The van der Waals surface area contributed by atoms with Crippen LogP contribution < -0.4 is 10.5 Å². The molecule has 3 nitrogen and oxygen atoms in total. The van der Waals surface area contributed by atoms with Gasteiger partial charge in [-0.3, -0.25) is 4.79 Å². The van der Waals surface area contributed by atoms with Gasteiger partial charge >= 0.3 is 0 Å². The minimum atomic E-state index is -0.933. The molecule has 0 aliphatic rings. The number of benzene rings is 1. The van der Waals surface area contributed by atoms with E-state index in [1.807, 2.05) is 0 Å². The van der Waals surface area contributed by atoms with Gasteiger partial charge in [0, 0.05) is 5.02 Å². The van der Waals surface area contributed by atoms with Crippen LogP contribution in [0.3, 0.4) is 0 Å². The monoisotopic (exact) mass is 227 g/mol. The van der Waals surface area contributed by atoms with Crippen LogP contribution in [-0.2, 0) is 0 Å². The van der Waals surface area contributed by atoms with E-state index in [1.165, 1.54) is 7.11 Å². The fourth-order valence-corrected chi connectivity index (χ4v) is 1.38. The molecule has 0 atom stereocenters. The first kappa shape index (κ1) is 12.0. The molecule has 0 fully saturated rings. The number of ether oxygens (including phenoxy) is 1. The molecule has 1 aromatic carbocycles. The standard InChI is InChI=1S/C11H14ClNO2/c1-11(2,13)10(14)8-6-7(12)4-5-9(8)15-3/h4-6H,13H2,1-3H3. The zero-order chi connectivity index (χ0) is 11.6. The Kier molecular flexibility index (Phi) is 3.37. The van der Waals surface area contributed by atoms with Crippen LogP contribution in [-0.4, -0.2) is 18.4 Å². The largest absolute Gasteiger partial charge is 0.496 e. The third-order valence-corrected chi connectivity index (χ3v) is 2.23. The van der Waals surface area contributed by atoms with Crippen LogP contribution >= 0.6 is 11.6 Å². The van der Waals surface area contributed by atoms with Crippen molar-refractivity contribution in [1.29, 1.82) is 0 Å². The second kappa shape index (κ2) is 4.21. The Morgan fingerprint density at radius 3 is 2.53 bits per heavy atom. The van der Waals surface area contributed by atoms with Crippen LogP contribution in [0.5, 0.6) is 5.75 Å². The minimum Gasteiger partial charge on any atom is -0.496 e. The van der Waals surface area contributed by atoms with Gasteiger partial charge < -0.3 is 10.5 Å².